The van der Waals surface area contributed by atoms with Crippen LogP contribution in [0.5, 0.6) is 5.75 Å². The van der Waals surface area contributed by atoms with Crippen LogP contribution in [0.4, 0.5) is 0 Å². The molecule has 0 aliphatic carbocycles. The number of aryl methyl sites for hydroxylation is 2. The Balaban J connectivity index is 1.33. The average Bonchev–Trinajstić information content (AvgIpc) is 3.37. The molecule has 1 atom stereocenters. The Bertz CT molecular complexity index is 951. The van der Waals surface area contributed by atoms with E-state index < -0.39 is 0 Å². The van der Waals surface area contributed by atoms with Gasteiger partial charge < -0.3 is 14.5 Å². The van der Waals surface area contributed by atoms with Gasteiger partial charge in [-0.2, -0.15) is 0 Å². The minimum Gasteiger partial charge on any atom is -0.496 e. The van der Waals surface area contributed by atoms with E-state index >= 15 is 0 Å². The number of carbonyl (C=O) groups is 2. The van der Waals surface area contributed by atoms with Crippen molar-refractivity contribution in [3.8, 4) is 5.75 Å². The highest BCUT2D eigenvalue weighted by Crippen LogP contribution is 2.27. The molecular formula is C26H33N3O3. The smallest absolute Gasteiger partial charge is 0.255 e. The van der Waals surface area contributed by atoms with Crippen LogP contribution in [0.3, 0.4) is 0 Å². The molecule has 6 nitrogen and oxygen atoms in total. The Morgan fingerprint density at radius 2 is 1.84 bits per heavy atom. The van der Waals surface area contributed by atoms with Gasteiger partial charge in [-0.25, -0.2) is 0 Å². The van der Waals surface area contributed by atoms with Gasteiger partial charge in [0.05, 0.1) is 12.7 Å². The van der Waals surface area contributed by atoms with Crippen molar-refractivity contribution in [2.75, 3.05) is 33.3 Å². The minimum atomic E-state index is 0.0794. The van der Waals surface area contributed by atoms with Crippen molar-refractivity contribution in [2.45, 2.75) is 51.4 Å². The number of methoxy groups -OCH3 is 1. The average molecular weight is 436 g/mol. The molecule has 0 saturated carbocycles. The predicted octanol–water partition coefficient (Wildman–Crippen LogP) is 3.97. The largest absolute Gasteiger partial charge is 0.496 e. The summed E-state index contributed by atoms with van der Waals surface area (Å²) in [6, 6.07) is 9.97. The van der Waals surface area contributed by atoms with Crippen LogP contribution in [0.25, 0.3) is 0 Å². The van der Waals surface area contributed by atoms with E-state index in [-0.39, 0.29) is 17.7 Å². The molecular weight excluding hydrogens is 402 g/mol. The van der Waals surface area contributed by atoms with Gasteiger partial charge in [0.1, 0.15) is 5.75 Å². The summed E-state index contributed by atoms with van der Waals surface area (Å²) in [6.07, 6.45) is 7.12. The summed E-state index contributed by atoms with van der Waals surface area (Å²) in [7, 11) is 1.67. The van der Waals surface area contributed by atoms with Crippen molar-refractivity contribution in [3.05, 3.63) is 58.9 Å². The predicted molar refractivity (Wildman–Crippen MR) is 124 cm³/mol. The lowest BCUT2D eigenvalue weighted by Crippen LogP contribution is -2.39. The lowest BCUT2D eigenvalue weighted by molar-refractivity contribution is -0.132. The summed E-state index contributed by atoms with van der Waals surface area (Å²) in [6.45, 7) is 5.22. The van der Waals surface area contributed by atoms with Crippen LogP contribution >= 0.6 is 0 Å². The zero-order valence-electron chi connectivity index (χ0n) is 19.2. The molecule has 2 aromatic rings. The number of amides is 2. The molecule has 3 heterocycles. The van der Waals surface area contributed by atoms with E-state index in [1.54, 1.807) is 13.3 Å². The van der Waals surface area contributed by atoms with Crippen LogP contribution in [-0.4, -0.2) is 59.9 Å². The third-order valence-electron chi connectivity index (χ3n) is 6.71. The molecule has 1 aromatic carbocycles. The molecule has 4 rings (SSSR count). The Hall–Kier alpha value is -2.89. The van der Waals surface area contributed by atoms with Crippen LogP contribution in [0.15, 0.2) is 36.5 Å². The highest BCUT2D eigenvalue weighted by Gasteiger charge is 2.26. The molecule has 2 fully saturated rings. The molecule has 2 saturated heterocycles. The van der Waals surface area contributed by atoms with Crippen LogP contribution in [0.1, 0.15) is 65.2 Å². The number of hydrogen-bond acceptors (Lipinski definition) is 4. The van der Waals surface area contributed by atoms with E-state index in [1.807, 2.05) is 41.0 Å². The molecule has 2 aliphatic heterocycles. The van der Waals surface area contributed by atoms with Crippen molar-refractivity contribution < 1.29 is 14.3 Å². The maximum Gasteiger partial charge on any atom is 0.255 e. The fraction of sp³-hybridized carbons (Fsp3) is 0.500. The Labute approximate surface area is 190 Å². The first-order valence-corrected chi connectivity index (χ1v) is 11.7. The number of hydrogen-bond donors (Lipinski definition) is 0. The standard InChI is InChI=1S/C26H33N3O3/c1-19-16-20(7-11-24(19)32-2)8-12-25(30)29-15-5-6-22(18-29)23-10-9-21(17-27-23)26(31)28-13-3-4-14-28/h7,9-11,16-17,22H,3-6,8,12-15,18H2,1-2H3. The minimum absolute atomic E-state index is 0.0794. The first kappa shape index (κ1) is 22.3. The molecule has 0 spiro atoms. The highest BCUT2D eigenvalue weighted by atomic mass is 16.5. The fourth-order valence-corrected chi connectivity index (χ4v) is 4.83. The highest BCUT2D eigenvalue weighted by molar-refractivity contribution is 5.94. The van der Waals surface area contributed by atoms with E-state index in [2.05, 4.69) is 11.1 Å². The molecule has 2 amide bonds. The maximum absolute atomic E-state index is 12.9. The van der Waals surface area contributed by atoms with Gasteiger partial charge in [-0.15, -0.1) is 0 Å². The van der Waals surface area contributed by atoms with Gasteiger partial charge >= 0.3 is 0 Å². The number of rotatable bonds is 6. The second-order valence-corrected chi connectivity index (χ2v) is 8.95. The summed E-state index contributed by atoms with van der Waals surface area (Å²) in [5, 5.41) is 0. The summed E-state index contributed by atoms with van der Waals surface area (Å²) < 4.78 is 5.32. The van der Waals surface area contributed by atoms with Gasteiger partial charge in [-0.3, -0.25) is 14.6 Å². The van der Waals surface area contributed by atoms with Crippen LogP contribution < -0.4 is 4.74 Å². The van der Waals surface area contributed by atoms with E-state index in [4.69, 9.17) is 4.74 Å². The number of carbonyl (C=O) groups excluding carboxylic acids is 2. The topological polar surface area (TPSA) is 62.7 Å². The van der Waals surface area contributed by atoms with Crippen LogP contribution in [-0.2, 0) is 11.2 Å². The Morgan fingerprint density at radius 3 is 2.53 bits per heavy atom. The van der Waals surface area contributed by atoms with E-state index in [9.17, 15) is 9.59 Å². The summed E-state index contributed by atoms with van der Waals surface area (Å²) in [5.74, 6) is 1.38. The fourth-order valence-electron chi connectivity index (χ4n) is 4.83. The Kier molecular flexibility index (Phi) is 7.08. The molecule has 6 heteroatoms. The number of likely N-dealkylation sites (tertiary alicyclic amines) is 2. The Morgan fingerprint density at radius 1 is 1.06 bits per heavy atom. The lowest BCUT2D eigenvalue weighted by Gasteiger charge is -2.32. The molecule has 2 aliphatic rings. The first-order valence-electron chi connectivity index (χ1n) is 11.7. The number of piperidine rings is 1. The SMILES string of the molecule is COc1ccc(CCC(=O)N2CCCC(c3ccc(C(=O)N4CCCC4)cn3)C2)cc1C. The number of benzene rings is 1. The number of nitrogens with zero attached hydrogens (tertiary/aromatic N) is 3. The maximum atomic E-state index is 12.9. The van der Waals surface area contributed by atoms with Crippen LogP contribution in [0.2, 0.25) is 0 Å². The normalized spacial score (nSPS) is 18.6. The van der Waals surface area contributed by atoms with Crippen LogP contribution in [0, 0.1) is 6.92 Å². The van der Waals surface area contributed by atoms with E-state index in [1.165, 1.54) is 0 Å². The van der Waals surface area contributed by atoms with Gasteiger partial charge in [0.25, 0.3) is 5.91 Å². The number of aromatic nitrogens is 1. The third kappa shape index (κ3) is 5.12. The second kappa shape index (κ2) is 10.2. The van der Waals surface area contributed by atoms with Crippen molar-refractivity contribution in [1.82, 2.24) is 14.8 Å². The molecule has 0 radical (unpaired) electrons. The monoisotopic (exact) mass is 435 g/mol. The van der Waals surface area contributed by atoms with E-state index in [0.717, 1.165) is 74.3 Å². The van der Waals surface area contributed by atoms with Crippen molar-refractivity contribution in [1.29, 1.82) is 0 Å². The summed E-state index contributed by atoms with van der Waals surface area (Å²) >= 11 is 0. The van der Waals surface area contributed by atoms with Gasteiger partial charge in [0.2, 0.25) is 5.91 Å². The van der Waals surface area contributed by atoms with Crippen molar-refractivity contribution in [3.63, 3.8) is 0 Å². The quantitative estimate of drug-likeness (QED) is 0.689. The second-order valence-electron chi connectivity index (χ2n) is 8.95. The van der Waals surface area contributed by atoms with Crippen molar-refractivity contribution in [2.24, 2.45) is 0 Å². The zero-order chi connectivity index (χ0) is 22.5. The molecule has 0 N–H and O–H groups in total. The lowest BCUT2D eigenvalue weighted by atomic mass is 9.93. The zero-order valence-corrected chi connectivity index (χ0v) is 19.2. The first-order chi connectivity index (χ1) is 15.5. The van der Waals surface area contributed by atoms with E-state index in [0.29, 0.717) is 18.5 Å². The van der Waals surface area contributed by atoms with Gasteiger partial charge in [-0.05, 0) is 68.4 Å². The van der Waals surface area contributed by atoms with Gasteiger partial charge in [0, 0.05) is 50.4 Å². The molecule has 1 unspecified atom stereocenters. The van der Waals surface area contributed by atoms with Gasteiger partial charge in [-0.1, -0.05) is 12.1 Å². The van der Waals surface area contributed by atoms with Gasteiger partial charge in [0.15, 0.2) is 0 Å². The molecule has 1 aromatic heterocycles. The molecule has 170 valence electrons. The summed E-state index contributed by atoms with van der Waals surface area (Å²) in [4.78, 5) is 33.9. The number of pyridine rings is 1. The summed E-state index contributed by atoms with van der Waals surface area (Å²) in [5.41, 5.74) is 3.89. The number of ether oxygens (including phenoxy) is 1. The van der Waals surface area contributed by atoms with Crippen molar-refractivity contribution >= 4 is 11.8 Å². The molecule has 32 heavy (non-hydrogen) atoms. The third-order valence-corrected chi connectivity index (χ3v) is 6.71. The molecule has 0 bridgehead atoms.